The molecule has 0 bridgehead atoms. The Hall–Kier alpha value is -3.02. The highest BCUT2D eigenvalue weighted by Gasteiger charge is 2.05. The molecule has 0 aliphatic rings. The van der Waals surface area contributed by atoms with E-state index in [9.17, 15) is 9.59 Å². The van der Waals surface area contributed by atoms with Crippen molar-refractivity contribution in [3.8, 4) is 5.75 Å². The number of carbonyl (C=O) groups is 2. The summed E-state index contributed by atoms with van der Waals surface area (Å²) >= 11 is 0. The fourth-order valence-corrected chi connectivity index (χ4v) is 1.73. The molecular weight excluding hydrogens is 286 g/mol. The molecule has 0 spiro atoms. The Balaban J connectivity index is 1.97. The van der Waals surface area contributed by atoms with Crippen LogP contribution in [-0.4, -0.2) is 23.6 Å². The summed E-state index contributed by atoms with van der Waals surface area (Å²) in [6, 6.07) is 8.39. The Morgan fingerprint density at radius 3 is 2.82 bits per heavy atom. The molecule has 114 valence electrons. The normalized spacial score (nSPS) is 10.6. The highest BCUT2D eigenvalue weighted by molar-refractivity contribution is 6.02. The van der Waals surface area contributed by atoms with Crippen molar-refractivity contribution in [2.75, 3.05) is 11.9 Å². The number of hydrogen-bond acceptors (Lipinski definition) is 4. The van der Waals surface area contributed by atoms with Crippen molar-refractivity contribution in [3.05, 3.63) is 54.0 Å². The van der Waals surface area contributed by atoms with Gasteiger partial charge in [0.05, 0.1) is 6.26 Å². The Bertz CT molecular complexity index is 689. The van der Waals surface area contributed by atoms with Gasteiger partial charge in [0.25, 0.3) is 0 Å². The lowest BCUT2D eigenvalue weighted by atomic mass is 10.2. The van der Waals surface area contributed by atoms with E-state index >= 15 is 0 Å². The van der Waals surface area contributed by atoms with Gasteiger partial charge < -0.3 is 19.6 Å². The van der Waals surface area contributed by atoms with Crippen LogP contribution >= 0.6 is 0 Å². The molecule has 22 heavy (non-hydrogen) atoms. The van der Waals surface area contributed by atoms with Crippen LogP contribution in [0.15, 0.2) is 47.1 Å². The second-order valence-corrected chi connectivity index (χ2v) is 4.50. The Morgan fingerprint density at radius 2 is 2.18 bits per heavy atom. The predicted molar refractivity (Wildman–Crippen MR) is 80.7 cm³/mol. The molecular formula is C16H15NO5. The summed E-state index contributed by atoms with van der Waals surface area (Å²) < 4.78 is 10.2. The van der Waals surface area contributed by atoms with E-state index < -0.39 is 12.6 Å². The van der Waals surface area contributed by atoms with Gasteiger partial charge in [-0.05, 0) is 48.9 Å². The highest BCUT2D eigenvalue weighted by Crippen LogP contribution is 2.21. The number of nitrogens with one attached hydrogen (secondary N) is 1. The van der Waals surface area contributed by atoms with Crippen molar-refractivity contribution in [2.24, 2.45) is 0 Å². The molecule has 6 nitrogen and oxygen atoms in total. The number of rotatable bonds is 6. The van der Waals surface area contributed by atoms with Crippen molar-refractivity contribution in [2.45, 2.75) is 6.92 Å². The third kappa shape index (κ3) is 4.52. The van der Waals surface area contributed by atoms with Crippen LogP contribution in [0.25, 0.3) is 6.08 Å². The molecule has 0 aliphatic heterocycles. The summed E-state index contributed by atoms with van der Waals surface area (Å²) in [7, 11) is 0. The maximum Gasteiger partial charge on any atom is 0.341 e. The van der Waals surface area contributed by atoms with Gasteiger partial charge in [0, 0.05) is 11.8 Å². The van der Waals surface area contributed by atoms with Gasteiger partial charge in [-0.1, -0.05) is 0 Å². The summed E-state index contributed by atoms with van der Waals surface area (Å²) in [5.41, 5.74) is 1.39. The minimum atomic E-state index is -1.04. The third-order valence-electron chi connectivity index (χ3n) is 2.76. The topological polar surface area (TPSA) is 88.8 Å². The molecule has 0 saturated heterocycles. The van der Waals surface area contributed by atoms with Gasteiger partial charge in [0.15, 0.2) is 6.61 Å². The van der Waals surface area contributed by atoms with E-state index in [2.05, 4.69) is 5.32 Å². The number of carboxylic acids is 1. The van der Waals surface area contributed by atoms with Crippen molar-refractivity contribution in [3.63, 3.8) is 0 Å². The molecule has 0 atom stereocenters. The number of anilines is 1. The zero-order valence-electron chi connectivity index (χ0n) is 11.9. The van der Waals surface area contributed by atoms with Crippen molar-refractivity contribution < 1.29 is 23.8 Å². The first-order chi connectivity index (χ1) is 10.5. The summed E-state index contributed by atoms with van der Waals surface area (Å²) in [4.78, 5) is 22.3. The molecule has 2 N–H and O–H groups in total. The van der Waals surface area contributed by atoms with Gasteiger partial charge in [-0.2, -0.15) is 0 Å². The largest absolute Gasteiger partial charge is 0.482 e. The summed E-state index contributed by atoms with van der Waals surface area (Å²) in [6.07, 6.45) is 4.46. The lowest BCUT2D eigenvalue weighted by Gasteiger charge is -2.09. The minimum Gasteiger partial charge on any atom is -0.482 e. The number of benzene rings is 1. The second-order valence-electron chi connectivity index (χ2n) is 4.50. The number of ether oxygens (including phenoxy) is 1. The van der Waals surface area contributed by atoms with Gasteiger partial charge in [-0.25, -0.2) is 4.79 Å². The van der Waals surface area contributed by atoms with E-state index in [1.165, 1.54) is 12.3 Å². The van der Waals surface area contributed by atoms with Crippen LogP contribution < -0.4 is 10.1 Å². The summed E-state index contributed by atoms with van der Waals surface area (Å²) in [6.45, 7) is 1.39. The van der Waals surface area contributed by atoms with Crippen LogP contribution in [0.2, 0.25) is 0 Å². The number of hydrogen-bond donors (Lipinski definition) is 2. The van der Waals surface area contributed by atoms with Gasteiger partial charge >= 0.3 is 5.97 Å². The molecule has 0 saturated carbocycles. The molecule has 1 aromatic heterocycles. The van der Waals surface area contributed by atoms with Gasteiger partial charge in [-0.15, -0.1) is 0 Å². The molecule has 2 aromatic rings. The fraction of sp³-hybridized carbons (Fsp3) is 0.125. The number of carbonyl (C=O) groups excluding carboxylic acids is 1. The van der Waals surface area contributed by atoms with Gasteiger partial charge in [0.2, 0.25) is 5.91 Å². The lowest BCUT2D eigenvalue weighted by Crippen LogP contribution is -2.11. The fourth-order valence-electron chi connectivity index (χ4n) is 1.73. The van der Waals surface area contributed by atoms with Crippen molar-refractivity contribution in [1.29, 1.82) is 0 Å². The predicted octanol–water partition coefficient (Wildman–Crippen LogP) is 2.70. The average molecular weight is 301 g/mol. The van der Waals surface area contributed by atoms with Crippen molar-refractivity contribution in [1.82, 2.24) is 0 Å². The van der Waals surface area contributed by atoms with E-state index in [1.807, 2.05) is 0 Å². The van der Waals surface area contributed by atoms with Crippen LogP contribution in [0.4, 0.5) is 5.69 Å². The maximum atomic E-state index is 11.8. The molecule has 1 amide bonds. The number of carboxylic acid groups (broad SMARTS) is 1. The van der Waals surface area contributed by atoms with Gasteiger partial charge in [0.1, 0.15) is 11.5 Å². The molecule has 1 heterocycles. The molecule has 6 heteroatoms. The zero-order valence-corrected chi connectivity index (χ0v) is 11.9. The van der Waals surface area contributed by atoms with E-state index in [0.717, 1.165) is 5.56 Å². The number of aryl methyl sites for hydroxylation is 1. The molecule has 0 aliphatic carbocycles. The molecule has 2 rings (SSSR count). The average Bonchev–Trinajstić information content (AvgIpc) is 2.99. The lowest BCUT2D eigenvalue weighted by molar-refractivity contribution is -0.139. The first kappa shape index (κ1) is 15.4. The van der Waals surface area contributed by atoms with Crippen LogP contribution in [0.3, 0.4) is 0 Å². The van der Waals surface area contributed by atoms with E-state index in [1.54, 1.807) is 43.3 Å². The van der Waals surface area contributed by atoms with Crippen LogP contribution in [0.5, 0.6) is 5.75 Å². The Labute approximate surface area is 127 Å². The first-order valence-corrected chi connectivity index (χ1v) is 6.52. The quantitative estimate of drug-likeness (QED) is 0.801. The zero-order chi connectivity index (χ0) is 15.9. The summed E-state index contributed by atoms with van der Waals surface area (Å²) in [5.74, 6) is -0.315. The standard InChI is InChI=1S/C16H15NO5/c1-11-9-13(22-10-16(19)20)4-6-14(11)17-15(18)7-5-12-3-2-8-21-12/h2-9H,10H2,1H3,(H,17,18)(H,19,20)/b7-5+. The maximum absolute atomic E-state index is 11.8. The Kier molecular flexibility index (Phi) is 4.98. The molecule has 0 radical (unpaired) electrons. The molecule has 0 fully saturated rings. The van der Waals surface area contributed by atoms with Crippen LogP contribution in [-0.2, 0) is 9.59 Å². The van der Waals surface area contributed by atoms with E-state index in [0.29, 0.717) is 17.2 Å². The smallest absolute Gasteiger partial charge is 0.341 e. The van der Waals surface area contributed by atoms with E-state index in [4.69, 9.17) is 14.3 Å². The SMILES string of the molecule is Cc1cc(OCC(=O)O)ccc1NC(=O)/C=C/c1ccco1. The monoisotopic (exact) mass is 301 g/mol. The minimum absolute atomic E-state index is 0.293. The van der Waals surface area contributed by atoms with Crippen molar-refractivity contribution >= 4 is 23.6 Å². The van der Waals surface area contributed by atoms with Gasteiger partial charge in [-0.3, -0.25) is 4.79 Å². The second kappa shape index (κ2) is 7.12. The number of furan rings is 1. The third-order valence-corrected chi connectivity index (χ3v) is 2.76. The number of amides is 1. The Morgan fingerprint density at radius 1 is 1.36 bits per heavy atom. The summed E-state index contributed by atoms with van der Waals surface area (Å²) in [5, 5.41) is 11.3. The van der Waals surface area contributed by atoms with Crippen LogP contribution in [0.1, 0.15) is 11.3 Å². The molecule has 1 aromatic carbocycles. The molecule has 0 unspecified atom stereocenters. The number of aliphatic carboxylic acids is 1. The van der Waals surface area contributed by atoms with E-state index in [-0.39, 0.29) is 5.91 Å². The first-order valence-electron chi connectivity index (χ1n) is 6.52. The van der Waals surface area contributed by atoms with Crippen LogP contribution in [0, 0.1) is 6.92 Å². The highest BCUT2D eigenvalue weighted by atomic mass is 16.5.